The summed E-state index contributed by atoms with van der Waals surface area (Å²) in [5, 5.41) is 9.95. The molecule has 0 aliphatic carbocycles. The zero-order valence-electron chi connectivity index (χ0n) is 9.77. The van der Waals surface area contributed by atoms with Crippen LogP contribution < -0.4 is 10.6 Å². The van der Waals surface area contributed by atoms with Crippen molar-refractivity contribution in [3.05, 3.63) is 18.1 Å². The number of hydrogen-bond donors (Lipinski definition) is 2. The molecule has 1 amide bonds. The summed E-state index contributed by atoms with van der Waals surface area (Å²) in [6.07, 6.45) is 1.46. The molecule has 2 rings (SSSR count). The van der Waals surface area contributed by atoms with Crippen molar-refractivity contribution in [1.29, 1.82) is 0 Å². The average Bonchev–Trinajstić information content (AvgIpc) is 2.71. The number of fused-ring (bicyclic) bond motifs is 1. The Morgan fingerprint density at radius 1 is 1.47 bits per heavy atom. The van der Waals surface area contributed by atoms with Gasteiger partial charge in [-0.05, 0) is 6.92 Å². The second-order valence-electron chi connectivity index (χ2n) is 3.66. The van der Waals surface area contributed by atoms with Crippen LogP contribution >= 0.6 is 0 Å². The first-order chi connectivity index (χ1) is 8.16. The van der Waals surface area contributed by atoms with Gasteiger partial charge in [-0.25, -0.2) is 4.98 Å². The van der Waals surface area contributed by atoms with E-state index in [9.17, 15) is 4.79 Å². The standard InChI is InChI=1S/C10H14N6O/c1-7-5-9(12-4-3-11-8(2)17)16-10(15-7)13-6-14-16/h5-6,12H,3-4H2,1-2H3,(H,11,17). The summed E-state index contributed by atoms with van der Waals surface area (Å²) >= 11 is 0. The number of anilines is 1. The molecule has 2 aromatic heterocycles. The average molecular weight is 234 g/mol. The third kappa shape index (κ3) is 2.68. The lowest BCUT2D eigenvalue weighted by molar-refractivity contribution is -0.118. The predicted molar refractivity (Wildman–Crippen MR) is 62.7 cm³/mol. The van der Waals surface area contributed by atoms with Crippen LogP contribution in [0.15, 0.2) is 12.4 Å². The van der Waals surface area contributed by atoms with Crippen LogP contribution in [0.4, 0.5) is 5.82 Å². The number of aromatic nitrogens is 4. The van der Waals surface area contributed by atoms with E-state index < -0.39 is 0 Å². The van der Waals surface area contributed by atoms with Gasteiger partial charge in [0.25, 0.3) is 5.78 Å². The van der Waals surface area contributed by atoms with Gasteiger partial charge in [0.15, 0.2) is 0 Å². The van der Waals surface area contributed by atoms with E-state index in [1.165, 1.54) is 13.3 Å². The Morgan fingerprint density at radius 3 is 3.06 bits per heavy atom. The van der Waals surface area contributed by atoms with Crippen molar-refractivity contribution in [3.8, 4) is 0 Å². The lowest BCUT2D eigenvalue weighted by Crippen LogP contribution is -2.26. The van der Waals surface area contributed by atoms with E-state index in [1.54, 1.807) is 4.52 Å². The van der Waals surface area contributed by atoms with Gasteiger partial charge in [-0.1, -0.05) is 0 Å². The van der Waals surface area contributed by atoms with Crippen molar-refractivity contribution < 1.29 is 4.79 Å². The largest absolute Gasteiger partial charge is 0.368 e. The molecule has 0 atom stereocenters. The monoisotopic (exact) mass is 234 g/mol. The zero-order valence-corrected chi connectivity index (χ0v) is 9.77. The molecule has 2 heterocycles. The van der Waals surface area contributed by atoms with Gasteiger partial charge in [0.05, 0.1) is 0 Å². The Hall–Kier alpha value is -2.18. The number of amides is 1. The number of nitrogens with one attached hydrogen (secondary N) is 2. The molecule has 0 radical (unpaired) electrons. The van der Waals surface area contributed by atoms with Crippen LogP contribution in [0.1, 0.15) is 12.6 Å². The quantitative estimate of drug-likeness (QED) is 0.726. The fourth-order valence-corrected chi connectivity index (χ4v) is 1.49. The van der Waals surface area contributed by atoms with E-state index in [2.05, 4.69) is 25.7 Å². The van der Waals surface area contributed by atoms with Crippen LogP contribution in [0.3, 0.4) is 0 Å². The van der Waals surface area contributed by atoms with Gasteiger partial charge in [0.2, 0.25) is 5.91 Å². The third-order valence-corrected chi connectivity index (χ3v) is 2.18. The highest BCUT2D eigenvalue weighted by atomic mass is 16.1. The highest BCUT2D eigenvalue weighted by molar-refractivity contribution is 5.72. The van der Waals surface area contributed by atoms with Crippen molar-refractivity contribution in [3.63, 3.8) is 0 Å². The molecule has 0 bridgehead atoms. The predicted octanol–water partition coefficient (Wildman–Crippen LogP) is -0.0193. The van der Waals surface area contributed by atoms with Gasteiger partial charge in [0.1, 0.15) is 12.1 Å². The van der Waals surface area contributed by atoms with Crippen LogP contribution in [-0.2, 0) is 4.79 Å². The van der Waals surface area contributed by atoms with E-state index in [0.29, 0.717) is 18.9 Å². The normalized spacial score (nSPS) is 10.5. The van der Waals surface area contributed by atoms with Gasteiger partial charge < -0.3 is 10.6 Å². The maximum Gasteiger partial charge on any atom is 0.254 e. The highest BCUT2D eigenvalue weighted by Gasteiger charge is 2.04. The molecular formula is C10H14N6O. The Morgan fingerprint density at radius 2 is 2.29 bits per heavy atom. The lowest BCUT2D eigenvalue weighted by Gasteiger charge is -2.08. The fourth-order valence-electron chi connectivity index (χ4n) is 1.49. The fraction of sp³-hybridized carbons (Fsp3) is 0.400. The van der Waals surface area contributed by atoms with E-state index in [4.69, 9.17) is 0 Å². The van der Waals surface area contributed by atoms with Crippen LogP contribution in [0.5, 0.6) is 0 Å². The van der Waals surface area contributed by atoms with Crippen LogP contribution in [0.25, 0.3) is 5.78 Å². The SMILES string of the molecule is CC(=O)NCCNc1cc(C)nc2ncnn12. The molecule has 7 nitrogen and oxygen atoms in total. The van der Waals surface area contributed by atoms with Crippen LogP contribution in [-0.4, -0.2) is 38.6 Å². The topological polar surface area (TPSA) is 84.2 Å². The Kier molecular flexibility index (Phi) is 3.17. The summed E-state index contributed by atoms with van der Waals surface area (Å²) in [5.74, 6) is 1.34. The van der Waals surface area contributed by atoms with Gasteiger partial charge in [0, 0.05) is 31.8 Å². The molecule has 2 aromatic rings. The molecule has 0 saturated heterocycles. The first-order valence-electron chi connectivity index (χ1n) is 5.32. The number of carbonyl (C=O) groups is 1. The van der Waals surface area contributed by atoms with Crippen molar-refractivity contribution in [2.75, 3.05) is 18.4 Å². The molecule has 0 saturated carbocycles. The van der Waals surface area contributed by atoms with Gasteiger partial charge >= 0.3 is 0 Å². The first-order valence-corrected chi connectivity index (χ1v) is 5.32. The van der Waals surface area contributed by atoms with Crippen LogP contribution in [0.2, 0.25) is 0 Å². The maximum absolute atomic E-state index is 10.7. The van der Waals surface area contributed by atoms with Gasteiger partial charge in [-0.15, -0.1) is 0 Å². The van der Waals surface area contributed by atoms with Crippen LogP contribution in [0, 0.1) is 6.92 Å². The van der Waals surface area contributed by atoms with E-state index in [1.807, 2.05) is 13.0 Å². The van der Waals surface area contributed by atoms with E-state index in [-0.39, 0.29) is 5.91 Å². The summed E-state index contributed by atoms with van der Waals surface area (Å²) in [5.41, 5.74) is 0.868. The summed E-state index contributed by atoms with van der Waals surface area (Å²) in [6.45, 7) is 4.57. The molecule has 0 spiro atoms. The number of aryl methyl sites for hydroxylation is 1. The lowest BCUT2D eigenvalue weighted by atomic mass is 10.4. The minimum atomic E-state index is -0.0383. The molecule has 2 N–H and O–H groups in total. The molecule has 7 heteroatoms. The molecule has 0 fully saturated rings. The Bertz CT molecular complexity index is 535. The first kappa shape index (κ1) is 11.3. The smallest absolute Gasteiger partial charge is 0.254 e. The second-order valence-corrected chi connectivity index (χ2v) is 3.66. The molecular weight excluding hydrogens is 220 g/mol. The summed E-state index contributed by atoms with van der Waals surface area (Å²) in [6, 6.07) is 1.88. The maximum atomic E-state index is 10.7. The van der Waals surface area contributed by atoms with Crippen molar-refractivity contribution >= 4 is 17.5 Å². The van der Waals surface area contributed by atoms with Crippen molar-refractivity contribution in [2.45, 2.75) is 13.8 Å². The van der Waals surface area contributed by atoms with E-state index in [0.717, 1.165) is 11.5 Å². The number of hydrogen-bond acceptors (Lipinski definition) is 5. The summed E-state index contributed by atoms with van der Waals surface area (Å²) in [7, 11) is 0. The Labute approximate surface area is 98.3 Å². The third-order valence-electron chi connectivity index (χ3n) is 2.18. The van der Waals surface area contributed by atoms with Gasteiger partial charge in [-0.3, -0.25) is 4.79 Å². The molecule has 90 valence electrons. The zero-order chi connectivity index (χ0) is 12.3. The number of carbonyl (C=O) groups excluding carboxylic acids is 1. The Balaban J connectivity index is 2.07. The minimum absolute atomic E-state index is 0.0383. The van der Waals surface area contributed by atoms with E-state index >= 15 is 0 Å². The molecule has 17 heavy (non-hydrogen) atoms. The highest BCUT2D eigenvalue weighted by Crippen LogP contribution is 2.09. The molecule has 0 aliphatic rings. The molecule has 0 unspecified atom stereocenters. The minimum Gasteiger partial charge on any atom is -0.368 e. The van der Waals surface area contributed by atoms with Crippen molar-refractivity contribution in [2.24, 2.45) is 0 Å². The second kappa shape index (κ2) is 4.77. The van der Waals surface area contributed by atoms with Crippen molar-refractivity contribution in [1.82, 2.24) is 24.9 Å². The molecule has 0 aromatic carbocycles. The number of nitrogens with zero attached hydrogens (tertiary/aromatic N) is 4. The summed E-state index contributed by atoms with van der Waals surface area (Å²) in [4.78, 5) is 19.0. The van der Waals surface area contributed by atoms with Gasteiger partial charge in [-0.2, -0.15) is 14.6 Å². The molecule has 0 aliphatic heterocycles. The number of rotatable bonds is 4. The summed E-state index contributed by atoms with van der Waals surface area (Å²) < 4.78 is 1.63.